The van der Waals surface area contributed by atoms with Gasteiger partial charge in [-0.3, -0.25) is 0 Å². The lowest BCUT2D eigenvalue weighted by Gasteiger charge is -1.95. The highest BCUT2D eigenvalue weighted by Crippen LogP contribution is 2.18. The van der Waals surface area contributed by atoms with Gasteiger partial charge in [-0.1, -0.05) is 0 Å². The molecule has 4 heteroatoms. The van der Waals surface area contributed by atoms with Gasteiger partial charge in [0.05, 0.1) is 12.1 Å². The zero-order valence-corrected chi connectivity index (χ0v) is 8.12. The Labute approximate surface area is 75.5 Å². The molecule has 0 fully saturated rings. The van der Waals surface area contributed by atoms with Gasteiger partial charge in [0.1, 0.15) is 5.69 Å². The van der Waals surface area contributed by atoms with E-state index in [1.54, 1.807) is 11.8 Å². The first kappa shape index (κ1) is 9.19. The van der Waals surface area contributed by atoms with Crippen LogP contribution in [0.25, 0.3) is 0 Å². The summed E-state index contributed by atoms with van der Waals surface area (Å²) in [5, 5.41) is 0.980. The van der Waals surface area contributed by atoms with Gasteiger partial charge < -0.3 is 9.72 Å². The largest absolute Gasteiger partial charge is 0.464 e. The molecule has 0 unspecified atom stereocenters. The Hall–Kier alpha value is -0.900. The molecule has 0 saturated heterocycles. The fourth-order valence-corrected chi connectivity index (χ4v) is 1.45. The summed E-state index contributed by atoms with van der Waals surface area (Å²) >= 11 is 1.57. The Morgan fingerprint density at radius 3 is 2.75 bits per heavy atom. The molecule has 1 heterocycles. The van der Waals surface area contributed by atoms with Crippen molar-refractivity contribution < 1.29 is 9.53 Å². The molecule has 66 valence electrons. The Bertz CT molecular complexity index is 293. The second kappa shape index (κ2) is 3.67. The summed E-state index contributed by atoms with van der Waals surface area (Å²) in [5.41, 5.74) is 1.47. The van der Waals surface area contributed by atoms with Crippen LogP contribution in [0, 0.1) is 6.92 Å². The average Bonchev–Trinajstić information content (AvgIpc) is 2.45. The molecular weight excluding hydrogens is 174 g/mol. The number of carbonyl (C=O) groups is 1. The summed E-state index contributed by atoms with van der Waals surface area (Å²) in [6.07, 6.45) is 1.95. The number of methoxy groups -OCH3 is 1. The maximum atomic E-state index is 11.1. The van der Waals surface area contributed by atoms with Crippen molar-refractivity contribution in [3.8, 4) is 0 Å². The lowest BCUT2D eigenvalue weighted by molar-refractivity contribution is 0.0593. The number of carbonyl (C=O) groups excluding carboxylic acids is 1. The summed E-state index contributed by atoms with van der Waals surface area (Å²) < 4.78 is 4.60. The van der Waals surface area contributed by atoms with E-state index in [9.17, 15) is 4.79 Å². The molecule has 3 nitrogen and oxygen atoms in total. The predicted molar refractivity (Wildman–Crippen MR) is 48.7 cm³/mol. The van der Waals surface area contributed by atoms with Crippen LogP contribution in [0.1, 0.15) is 16.1 Å². The molecule has 0 aliphatic carbocycles. The van der Waals surface area contributed by atoms with Gasteiger partial charge in [0.25, 0.3) is 0 Å². The summed E-state index contributed by atoms with van der Waals surface area (Å²) in [6, 6.07) is 1.93. The Balaban J connectivity index is 2.99. The van der Waals surface area contributed by atoms with E-state index < -0.39 is 0 Å². The van der Waals surface area contributed by atoms with E-state index in [1.165, 1.54) is 7.11 Å². The first-order chi connectivity index (χ1) is 5.69. The van der Waals surface area contributed by atoms with Crippen LogP contribution in [0.4, 0.5) is 0 Å². The molecule has 0 amide bonds. The normalized spacial score (nSPS) is 9.92. The van der Waals surface area contributed by atoms with Crippen LogP contribution >= 0.6 is 11.8 Å². The summed E-state index contributed by atoms with van der Waals surface area (Å²) in [6.45, 7) is 1.88. The zero-order chi connectivity index (χ0) is 9.14. The third kappa shape index (κ3) is 1.64. The SMILES string of the molecule is COC(=O)c1[nH]c(SC)cc1C. The summed E-state index contributed by atoms with van der Waals surface area (Å²) in [5.74, 6) is -0.312. The van der Waals surface area contributed by atoms with Crippen LogP contribution in [-0.2, 0) is 4.74 Å². The second-order valence-electron chi connectivity index (χ2n) is 2.39. The van der Waals surface area contributed by atoms with E-state index in [0.29, 0.717) is 5.69 Å². The van der Waals surface area contributed by atoms with Gasteiger partial charge in [0.15, 0.2) is 0 Å². The molecule has 0 aliphatic rings. The number of ether oxygens (including phenoxy) is 1. The van der Waals surface area contributed by atoms with E-state index >= 15 is 0 Å². The molecule has 0 spiro atoms. The number of esters is 1. The van der Waals surface area contributed by atoms with Crippen LogP contribution in [0.2, 0.25) is 0 Å². The average molecular weight is 185 g/mol. The lowest BCUT2D eigenvalue weighted by Crippen LogP contribution is -2.03. The first-order valence-corrected chi connectivity index (χ1v) is 4.73. The molecule has 0 bridgehead atoms. The van der Waals surface area contributed by atoms with Gasteiger partial charge in [0, 0.05) is 0 Å². The molecular formula is C8H11NO2S. The van der Waals surface area contributed by atoms with Gasteiger partial charge in [-0.2, -0.15) is 0 Å². The highest BCUT2D eigenvalue weighted by atomic mass is 32.2. The number of hydrogen-bond donors (Lipinski definition) is 1. The molecule has 1 aromatic rings. The molecule has 0 radical (unpaired) electrons. The van der Waals surface area contributed by atoms with Crippen molar-refractivity contribution in [2.24, 2.45) is 0 Å². The second-order valence-corrected chi connectivity index (χ2v) is 3.24. The third-order valence-electron chi connectivity index (χ3n) is 1.60. The van der Waals surface area contributed by atoms with Crippen LogP contribution in [-0.4, -0.2) is 24.3 Å². The van der Waals surface area contributed by atoms with Crippen molar-refractivity contribution in [1.82, 2.24) is 4.98 Å². The molecule has 0 saturated carbocycles. The van der Waals surface area contributed by atoms with Crippen LogP contribution in [0.15, 0.2) is 11.1 Å². The number of rotatable bonds is 2. The predicted octanol–water partition coefficient (Wildman–Crippen LogP) is 1.83. The quantitative estimate of drug-likeness (QED) is 0.564. The third-order valence-corrected chi connectivity index (χ3v) is 2.26. The van der Waals surface area contributed by atoms with Gasteiger partial charge in [-0.15, -0.1) is 11.8 Å². The highest BCUT2D eigenvalue weighted by molar-refractivity contribution is 7.98. The number of hydrogen-bond acceptors (Lipinski definition) is 3. The number of aromatic amines is 1. The molecule has 1 rings (SSSR count). The van der Waals surface area contributed by atoms with Crippen LogP contribution in [0.5, 0.6) is 0 Å². The molecule has 12 heavy (non-hydrogen) atoms. The molecule has 1 aromatic heterocycles. The fourth-order valence-electron chi connectivity index (χ4n) is 0.951. The molecule has 0 aliphatic heterocycles. The van der Waals surface area contributed by atoms with E-state index in [1.807, 2.05) is 19.2 Å². The molecule has 1 N–H and O–H groups in total. The number of aromatic nitrogens is 1. The Morgan fingerprint density at radius 2 is 2.33 bits per heavy atom. The topological polar surface area (TPSA) is 42.1 Å². The minimum absolute atomic E-state index is 0.312. The first-order valence-electron chi connectivity index (χ1n) is 3.51. The van der Waals surface area contributed by atoms with Crippen LogP contribution < -0.4 is 0 Å². The highest BCUT2D eigenvalue weighted by Gasteiger charge is 2.11. The minimum Gasteiger partial charge on any atom is -0.464 e. The van der Waals surface area contributed by atoms with Crippen molar-refractivity contribution in [3.63, 3.8) is 0 Å². The zero-order valence-electron chi connectivity index (χ0n) is 7.30. The van der Waals surface area contributed by atoms with Crippen molar-refractivity contribution in [1.29, 1.82) is 0 Å². The molecule has 0 atom stereocenters. The van der Waals surface area contributed by atoms with Crippen molar-refractivity contribution in [2.45, 2.75) is 11.9 Å². The monoisotopic (exact) mass is 185 g/mol. The minimum atomic E-state index is -0.312. The van der Waals surface area contributed by atoms with Gasteiger partial charge >= 0.3 is 5.97 Å². The number of H-pyrrole nitrogens is 1. The Morgan fingerprint density at radius 1 is 1.67 bits per heavy atom. The fraction of sp³-hybridized carbons (Fsp3) is 0.375. The Kier molecular flexibility index (Phi) is 2.81. The number of nitrogens with one attached hydrogen (secondary N) is 1. The lowest BCUT2D eigenvalue weighted by atomic mass is 10.3. The van der Waals surface area contributed by atoms with Crippen molar-refractivity contribution in [3.05, 3.63) is 17.3 Å². The van der Waals surface area contributed by atoms with Gasteiger partial charge in [0.2, 0.25) is 0 Å². The smallest absolute Gasteiger partial charge is 0.354 e. The number of thioether (sulfide) groups is 1. The van der Waals surface area contributed by atoms with Gasteiger partial charge in [-0.05, 0) is 24.8 Å². The summed E-state index contributed by atoms with van der Waals surface area (Å²) in [4.78, 5) is 14.1. The van der Waals surface area contributed by atoms with Crippen molar-refractivity contribution >= 4 is 17.7 Å². The number of aryl methyl sites for hydroxylation is 1. The van der Waals surface area contributed by atoms with E-state index in [0.717, 1.165) is 10.6 Å². The maximum Gasteiger partial charge on any atom is 0.354 e. The summed E-state index contributed by atoms with van der Waals surface area (Å²) in [7, 11) is 1.38. The van der Waals surface area contributed by atoms with E-state index in [2.05, 4.69) is 9.72 Å². The van der Waals surface area contributed by atoms with E-state index in [4.69, 9.17) is 0 Å². The standard InChI is InChI=1S/C8H11NO2S/c1-5-4-6(12-3)9-7(5)8(10)11-2/h4,9H,1-3H3. The molecule has 0 aromatic carbocycles. The maximum absolute atomic E-state index is 11.1. The van der Waals surface area contributed by atoms with Gasteiger partial charge in [-0.25, -0.2) is 4.79 Å². The van der Waals surface area contributed by atoms with E-state index in [-0.39, 0.29) is 5.97 Å². The van der Waals surface area contributed by atoms with Crippen LogP contribution in [0.3, 0.4) is 0 Å². The van der Waals surface area contributed by atoms with Crippen molar-refractivity contribution in [2.75, 3.05) is 13.4 Å².